The Morgan fingerprint density at radius 1 is 1.31 bits per heavy atom. The second-order valence-electron chi connectivity index (χ2n) is 7.77. The third-order valence-corrected chi connectivity index (χ3v) is 5.65. The summed E-state index contributed by atoms with van der Waals surface area (Å²) >= 11 is 0. The quantitative estimate of drug-likeness (QED) is 0.896. The molecule has 1 N–H and O–H groups in total. The Balaban J connectivity index is 1.47. The molecule has 2 aromatic rings. The first-order chi connectivity index (χ1) is 12.4. The fourth-order valence-electron chi connectivity index (χ4n) is 4.31. The fraction of sp³-hybridized carbons (Fsp3) is 0.429. The van der Waals surface area contributed by atoms with Gasteiger partial charge in [-0.2, -0.15) is 0 Å². The number of rotatable bonds is 2. The Bertz CT molecular complexity index is 836. The van der Waals surface area contributed by atoms with Crippen LogP contribution in [0.15, 0.2) is 36.4 Å². The number of likely N-dealkylation sites (tertiary alicyclic amines) is 1. The molecule has 0 aliphatic carbocycles. The van der Waals surface area contributed by atoms with Crippen LogP contribution in [0.5, 0.6) is 0 Å². The SMILES string of the molecule is Cc1ccc2c(n1)N[C@@]1(CCN(C(=O)Cc3ccc(F)cc3)C1)C[C@H]2C. The van der Waals surface area contributed by atoms with E-state index in [1.807, 2.05) is 11.8 Å². The van der Waals surface area contributed by atoms with Gasteiger partial charge in [-0.25, -0.2) is 9.37 Å². The molecule has 5 heteroatoms. The van der Waals surface area contributed by atoms with Crippen molar-refractivity contribution in [2.75, 3.05) is 18.4 Å². The van der Waals surface area contributed by atoms with E-state index in [1.165, 1.54) is 17.7 Å². The van der Waals surface area contributed by atoms with Gasteiger partial charge in [0.05, 0.1) is 12.0 Å². The van der Waals surface area contributed by atoms with Crippen LogP contribution in [0.3, 0.4) is 0 Å². The van der Waals surface area contributed by atoms with Gasteiger partial charge in [0.25, 0.3) is 0 Å². The molecule has 4 rings (SSSR count). The summed E-state index contributed by atoms with van der Waals surface area (Å²) in [5.41, 5.74) is 3.02. The van der Waals surface area contributed by atoms with Gasteiger partial charge in [0.2, 0.25) is 5.91 Å². The lowest BCUT2D eigenvalue weighted by Gasteiger charge is -2.39. The number of carbonyl (C=O) groups excluding carboxylic acids is 1. The van der Waals surface area contributed by atoms with Crippen LogP contribution in [-0.2, 0) is 11.2 Å². The van der Waals surface area contributed by atoms with Gasteiger partial charge in [-0.1, -0.05) is 25.1 Å². The van der Waals surface area contributed by atoms with Crippen molar-refractivity contribution in [3.05, 3.63) is 59.0 Å². The summed E-state index contributed by atoms with van der Waals surface area (Å²) in [6.45, 7) is 5.69. The van der Waals surface area contributed by atoms with Crippen LogP contribution in [0.4, 0.5) is 10.2 Å². The average Bonchev–Trinajstić information content (AvgIpc) is 2.99. The van der Waals surface area contributed by atoms with Crippen molar-refractivity contribution < 1.29 is 9.18 Å². The molecule has 1 saturated heterocycles. The highest BCUT2D eigenvalue weighted by Gasteiger charge is 2.44. The molecule has 2 aliphatic heterocycles. The highest BCUT2D eigenvalue weighted by atomic mass is 19.1. The van der Waals surface area contributed by atoms with Gasteiger partial charge in [0.15, 0.2) is 0 Å². The van der Waals surface area contributed by atoms with Crippen molar-refractivity contribution in [3.8, 4) is 0 Å². The van der Waals surface area contributed by atoms with Crippen LogP contribution in [0.1, 0.15) is 42.5 Å². The molecule has 26 heavy (non-hydrogen) atoms. The molecule has 0 bridgehead atoms. The van der Waals surface area contributed by atoms with E-state index in [0.29, 0.717) is 18.9 Å². The summed E-state index contributed by atoms with van der Waals surface area (Å²) in [6, 6.07) is 10.4. The van der Waals surface area contributed by atoms with Crippen molar-refractivity contribution >= 4 is 11.7 Å². The van der Waals surface area contributed by atoms with Crippen LogP contribution >= 0.6 is 0 Å². The molecule has 1 aromatic heterocycles. The molecular weight excluding hydrogens is 329 g/mol. The number of aryl methyl sites for hydroxylation is 1. The number of nitrogens with zero attached hydrogens (tertiary/aromatic N) is 2. The maximum atomic E-state index is 13.0. The van der Waals surface area contributed by atoms with Crippen molar-refractivity contribution in [2.45, 2.75) is 44.6 Å². The lowest BCUT2D eigenvalue weighted by Crippen LogP contribution is -2.46. The van der Waals surface area contributed by atoms with Gasteiger partial charge in [-0.15, -0.1) is 0 Å². The van der Waals surface area contributed by atoms with Crippen LogP contribution in [0.25, 0.3) is 0 Å². The van der Waals surface area contributed by atoms with Crippen LogP contribution in [-0.4, -0.2) is 34.4 Å². The molecule has 1 amide bonds. The molecule has 1 fully saturated rings. The summed E-state index contributed by atoms with van der Waals surface area (Å²) in [7, 11) is 0. The molecule has 2 atom stereocenters. The van der Waals surface area contributed by atoms with E-state index in [2.05, 4.69) is 29.4 Å². The first-order valence-electron chi connectivity index (χ1n) is 9.22. The number of amides is 1. The standard InChI is InChI=1S/C21H24FN3O/c1-14-12-21(24-20-18(14)8-3-15(2)23-20)9-10-25(13-21)19(26)11-16-4-6-17(22)7-5-16/h3-8,14H,9-13H2,1-2H3,(H,23,24)/t14-,21+/m1/s1. The van der Waals surface area contributed by atoms with E-state index in [0.717, 1.165) is 36.5 Å². The molecule has 1 aromatic carbocycles. The number of anilines is 1. The largest absolute Gasteiger partial charge is 0.363 e. The zero-order valence-electron chi connectivity index (χ0n) is 15.3. The Hall–Kier alpha value is -2.43. The first-order valence-corrected chi connectivity index (χ1v) is 9.22. The molecule has 2 aliphatic rings. The van der Waals surface area contributed by atoms with Gasteiger partial charge in [0, 0.05) is 18.8 Å². The van der Waals surface area contributed by atoms with Crippen molar-refractivity contribution in [1.82, 2.24) is 9.88 Å². The summed E-state index contributed by atoms with van der Waals surface area (Å²) in [5, 5.41) is 3.65. The first kappa shape index (κ1) is 17.0. The Kier molecular flexibility index (Phi) is 4.17. The molecule has 0 unspecified atom stereocenters. The Labute approximate surface area is 153 Å². The van der Waals surface area contributed by atoms with Crippen LogP contribution in [0.2, 0.25) is 0 Å². The van der Waals surface area contributed by atoms with Crippen molar-refractivity contribution in [3.63, 3.8) is 0 Å². The number of carbonyl (C=O) groups is 1. The second-order valence-corrected chi connectivity index (χ2v) is 7.77. The van der Waals surface area contributed by atoms with Crippen molar-refractivity contribution in [1.29, 1.82) is 0 Å². The summed E-state index contributed by atoms with van der Waals surface area (Å²) < 4.78 is 13.0. The third-order valence-electron chi connectivity index (χ3n) is 5.65. The lowest BCUT2D eigenvalue weighted by molar-refractivity contribution is -0.129. The number of hydrogen-bond acceptors (Lipinski definition) is 3. The summed E-state index contributed by atoms with van der Waals surface area (Å²) in [4.78, 5) is 19.3. The number of aromatic nitrogens is 1. The molecule has 0 radical (unpaired) electrons. The Morgan fingerprint density at radius 2 is 2.08 bits per heavy atom. The highest BCUT2D eigenvalue weighted by molar-refractivity contribution is 5.79. The second kappa shape index (κ2) is 6.38. The Morgan fingerprint density at radius 3 is 2.85 bits per heavy atom. The van der Waals surface area contributed by atoms with Gasteiger partial charge in [-0.3, -0.25) is 4.79 Å². The number of benzene rings is 1. The van der Waals surface area contributed by atoms with E-state index in [4.69, 9.17) is 0 Å². The van der Waals surface area contributed by atoms with E-state index in [1.54, 1.807) is 12.1 Å². The van der Waals surface area contributed by atoms with Crippen LogP contribution < -0.4 is 5.32 Å². The van der Waals surface area contributed by atoms with Crippen LogP contribution in [0, 0.1) is 12.7 Å². The average molecular weight is 353 g/mol. The minimum Gasteiger partial charge on any atom is -0.363 e. The summed E-state index contributed by atoms with van der Waals surface area (Å²) in [5.74, 6) is 1.22. The number of nitrogens with one attached hydrogen (secondary N) is 1. The maximum Gasteiger partial charge on any atom is 0.227 e. The smallest absolute Gasteiger partial charge is 0.227 e. The van der Waals surface area contributed by atoms with Gasteiger partial charge >= 0.3 is 0 Å². The minimum atomic E-state index is -0.275. The number of halogens is 1. The third kappa shape index (κ3) is 3.18. The predicted octanol–water partition coefficient (Wildman–Crippen LogP) is 3.66. The van der Waals surface area contributed by atoms with Gasteiger partial charge in [0.1, 0.15) is 11.6 Å². The van der Waals surface area contributed by atoms with E-state index < -0.39 is 0 Å². The van der Waals surface area contributed by atoms with E-state index in [9.17, 15) is 9.18 Å². The predicted molar refractivity (Wildman–Crippen MR) is 99.7 cm³/mol. The minimum absolute atomic E-state index is 0.0916. The topological polar surface area (TPSA) is 45.2 Å². The van der Waals surface area contributed by atoms with Gasteiger partial charge in [-0.05, 0) is 55.0 Å². The van der Waals surface area contributed by atoms with E-state index >= 15 is 0 Å². The molecule has 3 heterocycles. The fourth-order valence-corrected chi connectivity index (χ4v) is 4.31. The zero-order chi connectivity index (χ0) is 18.3. The highest BCUT2D eigenvalue weighted by Crippen LogP contribution is 2.42. The maximum absolute atomic E-state index is 13.0. The molecule has 0 saturated carbocycles. The number of pyridine rings is 1. The lowest BCUT2D eigenvalue weighted by atomic mass is 9.80. The summed E-state index contributed by atoms with van der Waals surface area (Å²) in [6.07, 6.45) is 2.26. The van der Waals surface area contributed by atoms with E-state index in [-0.39, 0.29) is 17.3 Å². The molecule has 4 nitrogen and oxygen atoms in total. The number of fused-ring (bicyclic) bond motifs is 1. The molecule has 136 valence electrons. The normalized spacial score (nSPS) is 24.4. The zero-order valence-corrected chi connectivity index (χ0v) is 15.3. The molecular formula is C21H24FN3O. The monoisotopic (exact) mass is 353 g/mol. The number of hydrogen-bond donors (Lipinski definition) is 1. The molecule has 1 spiro atoms. The van der Waals surface area contributed by atoms with Crippen molar-refractivity contribution in [2.24, 2.45) is 0 Å². The van der Waals surface area contributed by atoms with Gasteiger partial charge < -0.3 is 10.2 Å².